The van der Waals surface area contributed by atoms with Gasteiger partial charge in [0.1, 0.15) is 0 Å². The number of aryl methyl sites for hydroxylation is 1. The first-order valence-electron chi connectivity index (χ1n) is 8.28. The van der Waals surface area contributed by atoms with E-state index in [9.17, 15) is 0 Å². The predicted molar refractivity (Wildman–Crippen MR) is 102 cm³/mol. The van der Waals surface area contributed by atoms with E-state index in [2.05, 4.69) is 79.2 Å². The van der Waals surface area contributed by atoms with E-state index < -0.39 is 0 Å². The van der Waals surface area contributed by atoms with Crippen LogP contribution in [-0.4, -0.2) is 4.57 Å². The number of nitrogens with one attached hydrogen (secondary N) is 1. The summed E-state index contributed by atoms with van der Waals surface area (Å²) in [5.41, 5.74) is 6.28. The topological polar surface area (TPSA) is 17.0 Å². The number of aromatic nitrogens is 1. The summed E-state index contributed by atoms with van der Waals surface area (Å²) >= 11 is 6.01. The van der Waals surface area contributed by atoms with Gasteiger partial charge in [0.05, 0.1) is 0 Å². The number of hydrogen-bond acceptors (Lipinski definition) is 1. The summed E-state index contributed by atoms with van der Waals surface area (Å²) in [5, 5.41) is 4.39. The van der Waals surface area contributed by atoms with Gasteiger partial charge < -0.3 is 9.88 Å². The maximum absolute atomic E-state index is 6.01. The van der Waals surface area contributed by atoms with Crippen molar-refractivity contribution in [3.05, 3.63) is 88.2 Å². The zero-order chi connectivity index (χ0) is 17.1. The minimum Gasteiger partial charge on any atom is -0.318 e. The monoisotopic (exact) mass is 338 g/mol. The minimum atomic E-state index is 0.324. The van der Waals surface area contributed by atoms with Crippen LogP contribution < -0.4 is 5.32 Å². The van der Waals surface area contributed by atoms with E-state index in [1.807, 2.05) is 12.1 Å². The lowest BCUT2D eigenvalue weighted by molar-refractivity contribution is 0.573. The highest BCUT2D eigenvalue weighted by Crippen LogP contribution is 2.23. The maximum atomic E-state index is 6.01. The smallest absolute Gasteiger partial charge is 0.0456 e. The quantitative estimate of drug-likeness (QED) is 0.640. The third-order valence-electron chi connectivity index (χ3n) is 4.52. The summed E-state index contributed by atoms with van der Waals surface area (Å²) in [6.45, 7) is 7.37. The fourth-order valence-corrected chi connectivity index (χ4v) is 3.24. The summed E-state index contributed by atoms with van der Waals surface area (Å²) in [5.74, 6) is 0. The van der Waals surface area contributed by atoms with Crippen molar-refractivity contribution in [2.75, 3.05) is 0 Å². The summed E-state index contributed by atoms with van der Waals surface area (Å²) in [6, 6.07) is 21.1. The number of halogens is 1. The first-order valence-corrected chi connectivity index (χ1v) is 8.66. The van der Waals surface area contributed by atoms with E-state index in [1.165, 1.54) is 22.5 Å². The Hall–Kier alpha value is -2.03. The van der Waals surface area contributed by atoms with Crippen LogP contribution in [-0.2, 0) is 6.54 Å². The molecule has 0 saturated heterocycles. The van der Waals surface area contributed by atoms with Crippen molar-refractivity contribution in [1.29, 1.82) is 0 Å². The standard InChI is InChI=1S/C21H23ClN2/c1-15-13-19(14-23-16(2)18-7-5-4-6-8-18)17(3)24(15)21-11-9-20(22)10-12-21/h4-13,16,23H,14H2,1-3H3. The minimum absolute atomic E-state index is 0.324. The molecule has 2 nitrogen and oxygen atoms in total. The molecule has 1 atom stereocenters. The second-order valence-electron chi connectivity index (χ2n) is 6.22. The van der Waals surface area contributed by atoms with Crippen LogP contribution in [0.15, 0.2) is 60.7 Å². The Balaban J connectivity index is 1.78. The Kier molecular flexibility index (Phi) is 5.08. The Morgan fingerprint density at radius 1 is 1.00 bits per heavy atom. The predicted octanol–water partition coefficient (Wildman–Crippen LogP) is 5.60. The van der Waals surface area contributed by atoms with Crippen LogP contribution in [0.2, 0.25) is 5.02 Å². The van der Waals surface area contributed by atoms with Crippen molar-refractivity contribution in [3.63, 3.8) is 0 Å². The molecule has 0 saturated carbocycles. The van der Waals surface area contributed by atoms with Gasteiger partial charge in [-0.1, -0.05) is 41.9 Å². The summed E-state index contributed by atoms with van der Waals surface area (Å²) in [4.78, 5) is 0. The molecule has 0 bridgehead atoms. The van der Waals surface area contributed by atoms with Crippen molar-refractivity contribution in [2.45, 2.75) is 33.4 Å². The summed E-state index contributed by atoms with van der Waals surface area (Å²) < 4.78 is 2.28. The first kappa shape index (κ1) is 16.8. The molecular weight excluding hydrogens is 316 g/mol. The van der Waals surface area contributed by atoms with Gasteiger partial charge in [0.2, 0.25) is 0 Å². The van der Waals surface area contributed by atoms with Crippen LogP contribution in [0.4, 0.5) is 0 Å². The molecule has 1 heterocycles. The fraction of sp³-hybridized carbons (Fsp3) is 0.238. The molecule has 1 N–H and O–H groups in total. The third-order valence-corrected chi connectivity index (χ3v) is 4.77. The van der Waals surface area contributed by atoms with E-state index in [4.69, 9.17) is 11.6 Å². The molecule has 3 heteroatoms. The van der Waals surface area contributed by atoms with Crippen LogP contribution in [0.5, 0.6) is 0 Å². The fourth-order valence-electron chi connectivity index (χ4n) is 3.12. The van der Waals surface area contributed by atoms with Gasteiger partial charge in [-0.2, -0.15) is 0 Å². The lowest BCUT2D eigenvalue weighted by Gasteiger charge is -2.15. The maximum Gasteiger partial charge on any atom is 0.0456 e. The van der Waals surface area contributed by atoms with Crippen molar-refractivity contribution < 1.29 is 0 Å². The largest absolute Gasteiger partial charge is 0.318 e. The van der Waals surface area contributed by atoms with Gasteiger partial charge in [0.25, 0.3) is 0 Å². The first-order chi connectivity index (χ1) is 11.6. The molecular formula is C21H23ClN2. The number of nitrogens with zero attached hydrogens (tertiary/aromatic N) is 1. The molecule has 1 aromatic heterocycles. The molecule has 2 aromatic carbocycles. The average Bonchev–Trinajstić information content (AvgIpc) is 2.88. The van der Waals surface area contributed by atoms with E-state index in [1.54, 1.807) is 0 Å². The van der Waals surface area contributed by atoms with Gasteiger partial charge in [-0.25, -0.2) is 0 Å². The van der Waals surface area contributed by atoms with Gasteiger partial charge in [0, 0.05) is 34.7 Å². The molecule has 3 rings (SSSR count). The molecule has 0 aliphatic carbocycles. The van der Waals surface area contributed by atoms with Gasteiger partial charge >= 0.3 is 0 Å². The second kappa shape index (κ2) is 7.25. The van der Waals surface area contributed by atoms with E-state index in [-0.39, 0.29) is 0 Å². The van der Waals surface area contributed by atoms with Gasteiger partial charge in [-0.15, -0.1) is 0 Å². The Morgan fingerprint density at radius 2 is 1.67 bits per heavy atom. The Labute approximate surface area is 149 Å². The Bertz CT molecular complexity index is 804. The van der Waals surface area contributed by atoms with E-state index >= 15 is 0 Å². The SMILES string of the molecule is Cc1cc(CNC(C)c2ccccc2)c(C)n1-c1ccc(Cl)cc1. The molecule has 0 spiro atoms. The third kappa shape index (κ3) is 3.55. The van der Waals surface area contributed by atoms with Crippen LogP contribution in [0.1, 0.15) is 35.5 Å². The highest BCUT2D eigenvalue weighted by molar-refractivity contribution is 6.30. The summed E-state index contributed by atoms with van der Waals surface area (Å²) in [6.07, 6.45) is 0. The van der Waals surface area contributed by atoms with Crippen LogP contribution in [0, 0.1) is 13.8 Å². The van der Waals surface area contributed by atoms with Crippen LogP contribution in [0.3, 0.4) is 0 Å². The number of rotatable bonds is 5. The lowest BCUT2D eigenvalue weighted by atomic mass is 10.1. The van der Waals surface area contributed by atoms with Crippen molar-refractivity contribution in [2.24, 2.45) is 0 Å². The van der Waals surface area contributed by atoms with Crippen molar-refractivity contribution in [1.82, 2.24) is 9.88 Å². The highest BCUT2D eigenvalue weighted by atomic mass is 35.5. The molecule has 0 amide bonds. The van der Waals surface area contributed by atoms with Crippen LogP contribution >= 0.6 is 11.6 Å². The zero-order valence-electron chi connectivity index (χ0n) is 14.4. The van der Waals surface area contributed by atoms with Gasteiger partial charge in [-0.05, 0) is 62.2 Å². The zero-order valence-corrected chi connectivity index (χ0v) is 15.1. The van der Waals surface area contributed by atoms with E-state index in [0.29, 0.717) is 6.04 Å². The summed E-state index contributed by atoms with van der Waals surface area (Å²) in [7, 11) is 0. The van der Waals surface area contributed by atoms with Crippen molar-refractivity contribution in [3.8, 4) is 5.69 Å². The molecule has 1 unspecified atom stereocenters. The highest BCUT2D eigenvalue weighted by Gasteiger charge is 2.12. The molecule has 0 aliphatic rings. The molecule has 3 aromatic rings. The number of benzene rings is 2. The van der Waals surface area contributed by atoms with Gasteiger partial charge in [0.15, 0.2) is 0 Å². The van der Waals surface area contributed by atoms with E-state index in [0.717, 1.165) is 17.3 Å². The average molecular weight is 339 g/mol. The lowest BCUT2D eigenvalue weighted by Crippen LogP contribution is -2.18. The molecule has 0 fully saturated rings. The molecule has 0 aliphatic heterocycles. The van der Waals surface area contributed by atoms with Crippen molar-refractivity contribution >= 4 is 11.6 Å². The molecule has 0 radical (unpaired) electrons. The van der Waals surface area contributed by atoms with Gasteiger partial charge in [-0.3, -0.25) is 0 Å². The number of hydrogen-bond donors (Lipinski definition) is 1. The normalized spacial score (nSPS) is 12.3. The molecule has 124 valence electrons. The second-order valence-corrected chi connectivity index (χ2v) is 6.66. The molecule has 24 heavy (non-hydrogen) atoms. The Morgan fingerprint density at radius 3 is 2.33 bits per heavy atom. The van der Waals surface area contributed by atoms with Crippen LogP contribution in [0.25, 0.3) is 5.69 Å².